The van der Waals surface area contributed by atoms with Gasteiger partial charge in [-0.1, -0.05) is 13.8 Å². The molecule has 1 rings (SSSR count). The van der Waals surface area contributed by atoms with E-state index in [1.165, 1.54) is 45.3 Å². The van der Waals surface area contributed by atoms with Gasteiger partial charge >= 0.3 is 0 Å². The van der Waals surface area contributed by atoms with Crippen molar-refractivity contribution in [2.45, 2.75) is 79.3 Å². The van der Waals surface area contributed by atoms with Crippen molar-refractivity contribution < 1.29 is 0 Å². The lowest BCUT2D eigenvalue weighted by Gasteiger charge is -2.35. The van der Waals surface area contributed by atoms with E-state index >= 15 is 0 Å². The zero-order valence-electron chi connectivity index (χ0n) is 18.8. The number of hydrogen-bond donors (Lipinski definition) is 2. The molecule has 0 aromatic heterocycles. The summed E-state index contributed by atoms with van der Waals surface area (Å²) in [6, 6.07) is 1.11. The number of aliphatic imine (C=N–C) groups is 1. The third-order valence-electron chi connectivity index (χ3n) is 5.52. The number of likely N-dealkylation sites (tertiary alicyclic amines) is 1. The predicted molar refractivity (Wildman–Crippen MR) is 130 cm³/mol. The third kappa shape index (κ3) is 11.5. The zero-order chi connectivity index (χ0) is 19.4. The standard InChI is InChI=1S/C21H45N5.HI/c1-7-22-21(24-19(6)12-10-14-25(8-2)9-3)23-16-20-13-11-15-26(17-20)18(4)5;/h18-20H,7-17H2,1-6H3,(H2,22,23,24);1H. The summed E-state index contributed by atoms with van der Waals surface area (Å²) in [5.41, 5.74) is 0. The number of nitrogens with one attached hydrogen (secondary N) is 2. The van der Waals surface area contributed by atoms with E-state index in [4.69, 9.17) is 4.99 Å². The summed E-state index contributed by atoms with van der Waals surface area (Å²) in [5.74, 6) is 1.68. The van der Waals surface area contributed by atoms with E-state index in [1.54, 1.807) is 0 Å². The van der Waals surface area contributed by atoms with Gasteiger partial charge in [0.15, 0.2) is 5.96 Å². The van der Waals surface area contributed by atoms with Crippen LogP contribution in [0.4, 0.5) is 0 Å². The molecule has 1 saturated heterocycles. The molecular formula is C21H46IN5. The fourth-order valence-electron chi connectivity index (χ4n) is 3.72. The molecule has 2 atom stereocenters. The number of nitrogens with zero attached hydrogens (tertiary/aromatic N) is 3. The first kappa shape index (κ1) is 26.9. The molecule has 162 valence electrons. The number of hydrogen-bond acceptors (Lipinski definition) is 3. The lowest BCUT2D eigenvalue weighted by Crippen LogP contribution is -2.44. The highest BCUT2D eigenvalue weighted by Crippen LogP contribution is 2.18. The minimum Gasteiger partial charge on any atom is -0.357 e. The van der Waals surface area contributed by atoms with Gasteiger partial charge in [0.2, 0.25) is 0 Å². The number of piperidine rings is 1. The average molecular weight is 496 g/mol. The normalized spacial score (nSPS) is 19.9. The fraction of sp³-hybridized carbons (Fsp3) is 0.952. The number of halogens is 1. The van der Waals surface area contributed by atoms with Gasteiger partial charge in [0.25, 0.3) is 0 Å². The Morgan fingerprint density at radius 3 is 2.48 bits per heavy atom. The Bertz CT molecular complexity index is 385. The topological polar surface area (TPSA) is 42.9 Å². The molecule has 0 spiro atoms. The maximum Gasteiger partial charge on any atom is 0.191 e. The van der Waals surface area contributed by atoms with E-state index < -0.39 is 0 Å². The van der Waals surface area contributed by atoms with Gasteiger partial charge in [-0.25, -0.2) is 0 Å². The maximum atomic E-state index is 4.90. The van der Waals surface area contributed by atoms with Gasteiger partial charge in [-0.15, -0.1) is 24.0 Å². The van der Waals surface area contributed by atoms with Crippen molar-refractivity contribution in [3.05, 3.63) is 0 Å². The minimum atomic E-state index is 0. The van der Waals surface area contributed by atoms with Crippen LogP contribution in [0.25, 0.3) is 0 Å². The molecule has 0 saturated carbocycles. The molecular weight excluding hydrogens is 449 g/mol. The molecule has 0 bridgehead atoms. The third-order valence-corrected chi connectivity index (χ3v) is 5.52. The van der Waals surface area contributed by atoms with Crippen LogP contribution in [-0.4, -0.2) is 73.7 Å². The van der Waals surface area contributed by atoms with Crippen molar-refractivity contribution >= 4 is 29.9 Å². The Morgan fingerprint density at radius 1 is 1.19 bits per heavy atom. The van der Waals surface area contributed by atoms with E-state index in [0.717, 1.165) is 32.1 Å². The second kappa shape index (κ2) is 15.8. The first-order chi connectivity index (χ1) is 12.5. The van der Waals surface area contributed by atoms with Gasteiger partial charge in [0.1, 0.15) is 0 Å². The molecule has 1 heterocycles. The molecule has 0 aliphatic carbocycles. The monoisotopic (exact) mass is 495 g/mol. The van der Waals surface area contributed by atoms with Crippen LogP contribution in [0.3, 0.4) is 0 Å². The van der Waals surface area contributed by atoms with Crippen LogP contribution in [-0.2, 0) is 0 Å². The Balaban J connectivity index is 0.00000676. The average Bonchev–Trinajstić information content (AvgIpc) is 2.63. The predicted octanol–water partition coefficient (Wildman–Crippen LogP) is 3.79. The van der Waals surface area contributed by atoms with Gasteiger partial charge in [-0.2, -0.15) is 0 Å². The molecule has 1 aliphatic heterocycles. The lowest BCUT2D eigenvalue weighted by atomic mass is 9.97. The van der Waals surface area contributed by atoms with E-state index in [1.807, 2.05) is 0 Å². The molecule has 1 fully saturated rings. The number of rotatable bonds is 11. The molecule has 2 unspecified atom stereocenters. The molecule has 2 N–H and O–H groups in total. The Kier molecular flexibility index (Phi) is 15.8. The van der Waals surface area contributed by atoms with Crippen molar-refractivity contribution in [3.63, 3.8) is 0 Å². The SMILES string of the molecule is CCNC(=NCC1CCCN(C(C)C)C1)NC(C)CCCN(CC)CC.I. The summed E-state index contributed by atoms with van der Waals surface area (Å²) in [7, 11) is 0. The summed E-state index contributed by atoms with van der Waals surface area (Å²) in [6.45, 7) is 21.3. The smallest absolute Gasteiger partial charge is 0.191 e. The second-order valence-electron chi connectivity index (χ2n) is 8.03. The fourth-order valence-corrected chi connectivity index (χ4v) is 3.72. The van der Waals surface area contributed by atoms with Crippen molar-refractivity contribution in [1.82, 2.24) is 20.4 Å². The highest BCUT2D eigenvalue weighted by Gasteiger charge is 2.21. The summed E-state index contributed by atoms with van der Waals surface area (Å²) in [4.78, 5) is 10.00. The van der Waals surface area contributed by atoms with Crippen LogP contribution in [0.15, 0.2) is 4.99 Å². The van der Waals surface area contributed by atoms with Gasteiger partial charge in [0.05, 0.1) is 0 Å². The van der Waals surface area contributed by atoms with Crippen molar-refractivity contribution in [1.29, 1.82) is 0 Å². The van der Waals surface area contributed by atoms with Crippen molar-refractivity contribution in [2.75, 3.05) is 45.8 Å². The summed E-state index contributed by atoms with van der Waals surface area (Å²) >= 11 is 0. The van der Waals surface area contributed by atoms with Crippen LogP contribution in [0.2, 0.25) is 0 Å². The molecule has 5 nitrogen and oxygen atoms in total. The van der Waals surface area contributed by atoms with E-state index in [2.05, 4.69) is 62.0 Å². The summed E-state index contributed by atoms with van der Waals surface area (Å²) < 4.78 is 0. The van der Waals surface area contributed by atoms with Gasteiger partial charge < -0.3 is 20.4 Å². The van der Waals surface area contributed by atoms with Crippen LogP contribution >= 0.6 is 24.0 Å². The zero-order valence-corrected chi connectivity index (χ0v) is 21.1. The summed E-state index contributed by atoms with van der Waals surface area (Å²) in [5, 5.41) is 7.03. The minimum absolute atomic E-state index is 0. The van der Waals surface area contributed by atoms with Crippen LogP contribution in [0.1, 0.15) is 67.2 Å². The molecule has 1 aliphatic rings. The highest BCUT2D eigenvalue weighted by molar-refractivity contribution is 14.0. The van der Waals surface area contributed by atoms with Gasteiger partial charge in [-0.05, 0) is 85.5 Å². The highest BCUT2D eigenvalue weighted by atomic mass is 127. The second-order valence-corrected chi connectivity index (χ2v) is 8.03. The molecule has 0 radical (unpaired) electrons. The Hall–Kier alpha value is -0.0800. The Morgan fingerprint density at radius 2 is 1.89 bits per heavy atom. The van der Waals surface area contributed by atoms with Gasteiger partial charge in [-0.3, -0.25) is 4.99 Å². The molecule has 6 heteroatoms. The van der Waals surface area contributed by atoms with E-state index in [0.29, 0.717) is 18.0 Å². The molecule has 0 aromatic carbocycles. The van der Waals surface area contributed by atoms with Crippen LogP contribution in [0, 0.1) is 5.92 Å². The van der Waals surface area contributed by atoms with Crippen molar-refractivity contribution in [2.24, 2.45) is 10.9 Å². The van der Waals surface area contributed by atoms with Crippen molar-refractivity contribution in [3.8, 4) is 0 Å². The number of guanidine groups is 1. The van der Waals surface area contributed by atoms with Crippen LogP contribution in [0.5, 0.6) is 0 Å². The van der Waals surface area contributed by atoms with Crippen LogP contribution < -0.4 is 10.6 Å². The molecule has 27 heavy (non-hydrogen) atoms. The quantitative estimate of drug-likeness (QED) is 0.260. The summed E-state index contributed by atoms with van der Waals surface area (Å²) in [6.07, 6.45) is 5.04. The first-order valence-electron chi connectivity index (χ1n) is 11.0. The lowest BCUT2D eigenvalue weighted by molar-refractivity contribution is 0.143. The first-order valence-corrected chi connectivity index (χ1v) is 11.0. The van der Waals surface area contributed by atoms with E-state index in [9.17, 15) is 0 Å². The largest absolute Gasteiger partial charge is 0.357 e. The van der Waals surface area contributed by atoms with Gasteiger partial charge in [0, 0.05) is 31.7 Å². The molecule has 0 amide bonds. The Labute approximate surface area is 186 Å². The maximum absolute atomic E-state index is 4.90. The van der Waals surface area contributed by atoms with E-state index in [-0.39, 0.29) is 24.0 Å². The molecule has 0 aromatic rings.